The molecule has 1 saturated carbocycles. The average Bonchev–Trinajstić information content (AvgIpc) is 3.38. The normalized spacial score (nSPS) is 16.6. The van der Waals surface area contributed by atoms with Crippen LogP contribution in [0.4, 0.5) is 0 Å². The van der Waals surface area contributed by atoms with Gasteiger partial charge in [0.15, 0.2) is 11.5 Å². The topological polar surface area (TPSA) is 49.0 Å². The quantitative estimate of drug-likeness (QED) is 0.833. The molecule has 2 aromatic carbocycles. The third-order valence-electron chi connectivity index (χ3n) is 4.81. The van der Waals surface area contributed by atoms with E-state index in [0.717, 1.165) is 29.4 Å². The lowest BCUT2D eigenvalue weighted by Gasteiger charge is -2.20. The van der Waals surface area contributed by atoms with Crippen molar-refractivity contribution in [3.05, 3.63) is 47.5 Å². The van der Waals surface area contributed by atoms with E-state index in [2.05, 4.69) is 17.4 Å². The van der Waals surface area contributed by atoms with E-state index in [9.17, 15) is 0 Å². The number of nitrogens with one attached hydrogen (secondary N) is 1. The average molecular weight is 341 g/mol. The number of rotatable bonds is 7. The standard InChI is InChI=1S/C20H23NO4/c1-22-16-7-5-15(6-8-16)19(14-3-4-14)21-11-13-9-17(23-2)20-18(10-13)24-12-25-20/h5-10,14,19,21H,3-4,11-12H2,1-2H3. The largest absolute Gasteiger partial charge is 0.497 e. The lowest BCUT2D eigenvalue weighted by molar-refractivity contribution is 0.171. The third kappa shape index (κ3) is 3.37. The van der Waals surface area contributed by atoms with Crippen LogP contribution in [0.3, 0.4) is 0 Å². The molecule has 0 aromatic heterocycles. The molecule has 132 valence electrons. The molecule has 0 saturated heterocycles. The molecular weight excluding hydrogens is 318 g/mol. The van der Waals surface area contributed by atoms with Gasteiger partial charge in [-0.25, -0.2) is 0 Å². The molecule has 1 aliphatic carbocycles. The van der Waals surface area contributed by atoms with Crippen LogP contribution in [-0.2, 0) is 6.54 Å². The fourth-order valence-electron chi connectivity index (χ4n) is 3.31. The Bertz CT molecular complexity index is 740. The Labute approximate surface area is 147 Å². The summed E-state index contributed by atoms with van der Waals surface area (Å²) < 4.78 is 21.7. The summed E-state index contributed by atoms with van der Waals surface area (Å²) in [5.74, 6) is 3.76. The van der Waals surface area contributed by atoms with E-state index in [0.29, 0.717) is 17.7 Å². The summed E-state index contributed by atoms with van der Waals surface area (Å²) in [4.78, 5) is 0. The zero-order valence-electron chi connectivity index (χ0n) is 14.6. The van der Waals surface area contributed by atoms with Gasteiger partial charge in [-0.15, -0.1) is 0 Å². The molecule has 4 rings (SSSR count). The van der Waals surface area contributed by atoms with Gasteiger partial charge in [0.05, 0.1) is 14.2 Å². The van der Waals surface area contributed by atoms with Crippen molar-refractivity contribution in [1.82, 2.24) is 5.32 Å². The lowest BCUT2D eigenvalue weighted by Crippen LogP contribution is -2.22. The third-order valence-corrected chi connectivity index (χ3v) is 4.81. The van der Waals surface area contributed by atoms with Gasteiger partial charge >= 0.3 is 0 Å². The summed E-state index contributed by atoms with van der Waals surface area (Å²) in [5, 5.41) is 3.70. The van der Waals surface area contributed by atoms with E-state index in [4.69, 9.17) is 18.9 Å². The fraction of sp³-hybridized carbons (Fsp3) is 0.400. The molecule has 1 aliphatic heterocycles. The maximum Gasteiger partial charge on any atom is 0.231 e. The molecular formula is C20H23NO4. The number of ether oxygens (including phenoxy) is 4. The Morgan fingerprint density at radius 3 is 2.56 bits per heavy atom. The number of fused-ring (bicyclic) bond motifs is 1. The first-order valence-corrected chi connectivity index (χ1v) is 8.62. The monoisotopic (exact) mass is 341 g/mol. The molecule has 0 spiro atoms. The first kappa shape index (κ1) is 16.1. The predicted molar refractivity (Wildman–Crippen MR) is 94.4 cm³/mol. The van der Waals surface area contributed by atoms with Crippen LogP contribution >= 0.6 is 0 Å². The van der Waals surface area contributed by atoms with Gasteiger partial charge in [-0.05, 0) is 54.2 Å². The van der Waals surface area contributed by atoms with Gasteiger partial charge in [0.2, 0.25) is 12.5 Å². The Hall–Kier alpha value is -2.40. The first-order valence-electron chi connectivity index (χ1n) is 8.62. The number of hydrogen-bond acceptors (Lipinski definition) is 5. The SMILES string of the molecule is COc1ccc(C(NCc2cc(OC)c3c(c2)OCO3)C2CC2)cc1. The molecule has 2 aromatic rings. The second-order valence-corrected chi connectivity index (χ2v) is 6.50. The van der Waals surface area contributed by atoms with Gasteiger partial charge in [0.1, 0.15) is 5.75 Å². The predicted octanol–water partition coefficient (Wildman–Crippen LogP) is 3.67. The Kier molecular flexibility index (Phi) is 4.40. The van der Waals surface area contributed by atoms with Gasteiger partial charge in [-0.1, -0.05) is 12.1 Å². The summed E-state index contributed by atoms with van der Waals surface area (Å²) in [6, 6.07) is 12.7. The first-order chi connectivity index (χ1) is 12.3. The maximum absolute atomic E-state index is 5.51. The maximum atomic E-state index is 5.51. The molecule has 1 unspecified atom stereocenters. The van der Waals surface area contributed by atoms with Crippen LogP contribution in [0, 0.1) is 5.92 Å². The highest BCUT2D eigenvalue weighted by atomic mass is 16.7. The summed E-state index contributed by atoms with van der Waals surface area (Å²) in [5.41, 5.74) is 2.43. The van der Waals surface area contributed by atoms with Crippen molar-refractivity contribution in [3.63, 3.8) is 0 Å². The summed E-state index contributed by atoms with van der Waals surface area (Å²) in [6.07, 6.45) is 2.54. The van der Waals surface area contributed by atoms with Crippen molar-refractivity contribution < 1.29 is 18.9 Å². The highest BCUT2D eigenvalue weighted by Crippen LogP contribution is 2.43. The summed E-state index contributed by atoms with van der Waals surface area (Å²) >= 11 is 0. The zero-order valence-corrected chi connectivity index (χ0v) is 14.6. The molecule has 25 heavy (non-hydrogen) atoms. The van der Waals surface area contributed by atoms with Gasteiger partial charge in [0.25, 0.3) is 0 Å². The van der Waals surface area contributed by atoms with Crippen molar-refractivity contribution >= 4 is 0 Å². The van der Waals surface area contributed by atoms with E-state index in [1.807, 2.05) is 24.3 Å². The van der Waals surface area contributed by atoms with Crippen LogP contribution in [0.15, 0.2) is 36.4 Å². The van der Waals surface area contributed by atoms with Crippen LogP contribution in [0.1, 0.15) is 30.0 Å². The number of hydrogen-bond donors (Lipinski definition) is 1. The molecule has 0 amide bonds. The van der Waals surface area contributed by atoms with E-state index in [1.165, 1.54) is 18.4 Å². The minimum Gasteiger partial charge on any atom is -0.497 e. The number of methoxy groups -OCH3 is 2. The molecule has 1 N–H and O–H groups in total. The van der Waals surface area contributed by atoms with E-state index in [1.54, 1.807) is 14.2 Å². The Morgan fingerprint density at radius 2 is 1.88 bits per heavy atom. The Balaban J connectivity index is 1.50. The van der Waals surface area contributed by atoms with Gasteiger partial charge in [0, 0.05) is 12.6 Å². The minimum absolute atomic E-state index is 0.249. The molecule has 0 radical (unpaired) electrons. The van der Waals surface area contributed by atoms with Gasteiger partial charge in [-0.3, -0.25) is 0 Å². The molecule has 1 heterocycles. The molecule has 5 heteroatoms. The smallest absolute Gasteiger partial charge is 0.231 e. The van der Waals surface area contributed by atoms with Crippen molar-refractivity contribution in [1.29, 1.82) is 0 Å². The van der Waals surface area contributed by atoms with E-state index < -0.39 is 0 Å². The van der Waals surface area contributed by atoms with Crippen molar-refractivity contribution in [2.75, 3.05) is 21.0 Å². The van der Waals surface area contributed by atoms with Crippen LogP contribution in [0.25, 0.3) is 0 Å². The highest BCUT2D eigenvalue weighted by Gasteiger charge is 2.32. The molecule has 1 atom stereocenters. The lowest BCUT2D eigenvalue weighted by atomic mass is 10.0. The van der Waals surface area contributed by atoms with Crippen LogP contribution in [0.5, 0.6) is 23.0 Å². The van der Waals surface area contributed by atoms with Crippen molar-refractivity contribution in [2.24, 2.45) is 5.92 Å². The van der Waals surface area contributed by atoms with Crippen LogP contribution in [-0.4, -0.2) is 21.0 Å². The highest BCUT2D eigenvalue weighted by molar-refractivity contribution is 5.55. The number of benzene rings is 2. The van der Waals surface area contributed by atoms with Crippen LogP contribution in [0.2, 0.25) is 0 Å². The van der Waals surface area contributed by atoms with E-state index >= 15 is 0 Å². The molecule has 1 fully saturated rings. The van der Waals surface area contributed by atoms with Crippen molar-refractivity contribution in [2.45, 2.75) is 25.4 Å². The molecule has 5 nitrogen and oxygen atoms in total. The van der Waals surface area contributed by atoms with Crippen LogP contribution < -0.4 is 24.3 Å². The molecule has 0 bridgehead atoms. The summed E-state index contributed by atoms with van der Waals surface area (Å²) in [6.45, 7) is 0.999. The fourth-order valence-corrected chi connectivity index (χ4v) is 3.31. The summed E-state index contributed by atoms with van der Waals surface area (Å²) in [7, 11) is 3.34. The van der Waals surface area contributed by atoms with Gasteiger partial charge in [-0.2, -0.15) is 0 Å². The second kappa shape index (κ2) is 6.84. The van der Waals surface area contributed by atoms with Crippen molar-refractivity contribution in [3.8, 4) is 23.0 Å². The van der Waals surface area contributed by atoms with Gasteiger partial charge < -0.3 is 24.3 Å². The Morgan fingerprint density at radius 1 is 1.08 bits per heavy atom. The zero-order chi connectivity index (χ0) is 17.2. The molecule has 2 aliphatic rings. The minimum atomic E-state index is 0.249. The second-order valence-electron chi connectivity index (χ2n) is 6.50. The van der Waals surface area contributed by atoms with E-state index in [-0.39, 0.29) is 6.79 Å².